The molecule has 0 radical (unpaired) electrons. The molecule has 35 heavy (non-hydrogen) atoms. The fourth-order valence-electron chi connectivity index (χ4n) is 4.82. The largest absolute Gasteiger partial charge is 0.377 e. The molecule has 4 heteroatoms. The fraction of sp³-hybridized carbons (Fsp3) is 0.774. The third-order valence-corrected chi connectivity index (χ3v) is 7.25. The van der Waals surface area contributed by atoms with E-state index in [0.29, 0.717) is 6.54 Å². The molecule has 0 aliphatic heterocycles. The summed E-state index contributed by atoms with van der Waals surface area (Å²) >= 11 is 0. The van der Waals surface area contributed by atoms with E-state index in [1.807, 2.05) is 43.3 Å². The smallest absolute Gasteiger partial charge is 0.253 e. The summed E-state index contributed by atoms with van der Waals surface area (Å²) in [7, 11) is 8.52. The van der Waals surface area contributed by atoms with Crippen LogP contribution < -0.4 is 10.2 Å². The van der Waals surface area contributed by atoms with E-state index in [-0.39, 0.29) is 5.91 Å². The first-order valence-electron chi connectivity index (χ1n) is 14.7. The summed E-state index contributed by atoms with van der Waals surface area (Å²) in [5, 5.41) is 3.13. The number of amides is 1. The number of carbonyl (C=O) groups excluding carboxylic acids is 1. The van der Waals surface area contributed by atoms with E-state index in [9.17, 15) is 4.79 Å². The summed E-state index contributed by atoms with van der Waals surface area (Å²) in [6, 6.07) is 7.80. The molecule has 0 unspecified atom stereocenters. The quantitative estimate of drug-likeness (QED) is 0.133. The Kier molecular flexibility index (Phi) is 17.6. The minimum Gasteiger partial charge on any atom is -0.377 e. The Morgan fingerprint density at radius 3 is 1.66 bits per heavy atom. The van der Waals surface area contributed by atoms with Crippen molar-refractivity contribution in [3.8, 4) is 0 Å². The molecule has 0 atom stereocenters. The fourth-order valence-corrected chi connectivity index (χ4v) is 4.82. The molecule has 1 aromatic rings. The van der Waals surface area contributed by atoms with Crippen LogP contribution in [-0.2, 0) is 0 Å². The summed E-state index contributed by atoms with van der Waals surface area (Å²) < 4.78 is 0.966. The monoisotopic (exact) mass is 488 g/mol. The van der Waals surface area contributed by atoms with E-state index in [1.54, 1.807) is 0 Å². The number of hydrogen-bond acceptors (Lipinski definition) is 2. The van der Waals surface area contributed by atoms with Crippen LogP contribution in [0.2, 0.25) is 0 Å². The van der Waals surface area contributed by atoms with Crippen LogP contribution in [0.15, 0.2) is 24.3 Å². The first-order chi connectivity index (χ1) is 16.9. The van der Waals surface area contributed by atoms with Gasteiger partial charge in [0.25, 0.3) is 5.91 Å². The first kappa shape index (κ1) is 31.5. The molecule has 0 saturated carbocycles. The van der Waals surface area contributed by atoms with Crippen LogP contribution in [0.4, 0.5) is 5.69 Å². The average Bonchev–Trinajstić information content (AvgIpc) is 2.83. The van der Waals surface area contributed by atoms with Gasteiger partial charge in [-0.2, -0.15) is 0 Å². The molecule has 0 aromatic heterocycles. The van der Waals surface area contributed by atoms with Crippen molar-refractivity contribution >= 4 is 11.6 Å². The molecule has 1 amide bonds. The highest BCUT2D eigenvalue weighted by molar-refractivity contribution is 5.99. The number of carbonyl (C=O) groups is 1. The van der Waals surface area contributed by atoms with Gasteiger partial charge in [0, 0.05) is 19.8 Å². The Hall–Kier alpha value is -1.55. The van der Waals surface area contributed by atoms with Crippen molar-refractivity contribution in [2.75, 3.05) is 52.7 Å². The van der Waals surface area contributed by atoms with Crippen molar-refractivity contribution in [3.63, 3.8) is 0 Å². The molecule has 0 heterocycles. The Morgan fingerprint density at radius 1 is 0.714 bits per heavy atom. The normalized spacial score (nSPS) is 11.6. The van der Waals surface area contributed by atoms with E-state index in [0.717, 1.165) is 22.3 Å². The molecule has 1 aromatic carbocycles. The number of benzene rings is 1. The second-order valence-corrected chi connectivity index (χ2v) is 11.4. The number of para-hydroxylation sites is 1. The number of hydrogen-bond donors (Lipinski definition) is 1. The van der Waals surface area contributed by atoms with Crippen LogP contribution in [0.3, 0.4) is 0 Å². The highest BCUT2D eigenvalue weighted by atomic mass is 16.1. The number of nitrogens with zero attached hydrogens (tertiary/aromatic N) is 2. The number of anilines is 1. The van der Waals surface area contributed by atoms with Crippen molar-refractivity contribution in [2.45, 2.75) is 110 Å². The van der Waals surface area contributed by atoms with Crippen LogP contribution in [0.25, 0.3) is 0 Å². The molecule has 0 bridgehead atoms. The zero-order valence-electron chi connectivity index (χ0n) is 24.0. The summed E-state index contributed by atoms with van der Waals surface area (Å²) in [4.78, 5) is 14.6. The number of rotatable bonds is 22. The van der Waals surface area contributed by atoms with Gasteiger partial charge >= 0.3 is 0 Å². The van der Waals surface area contributed by atoms with Crippen LogP contribution >= 0.6 is 0 Å². The second-order valence-electron chi connectivity index (χ2n) is 11.4. The first-order valence-corrected chi connectivity index (χ1v) is 14.7. The lowest BCUT2D eigenvalue weighted by molar-refractivity contribution is -0.889. The maximum absolute atomic E-state index is 12.6. The molecular weight excluding hydrogens is 430 g/mol. The van der Waals surface area contributed by atoms with Gasteiger partial charge in [0.05, 0.1) is 39.3 Å². The minimum atomic E-state index is 0.0247. The van der Waals surface area contributed by atoms with Crippen molar-refractivity contribution < 1.29 is 9.28 Å². The predicted octanol–water partition coefficient (Wildman–Crippen LogP) is 7.82. The van der Waals surface area contributed by atoms with Crippen molar-refractivity contribution in [1.82, 2.24) is 5.32 Å². The highest BCUT2D eigenvalue weighted by Gasteiger charge is 2.16. The molecule has 0 fully saturated rings. The van der Waals surface area contributed by atoms with Crippen LogP contribution in [0, 0.1) is 0 Å². The van der Waals surface area contributed by atoms with Crippen molar-refractivity contribution in [1.29, 1.82) is 0 Å². The van der Waals surface area contributed by atoms with Crippen molar-refractivity contribution in [2.24, 2.45) is 0 Å². The van der Waals surface area contributed by atoms with Gasteiger partial charge in [0.15, 0.2) is 0 Å². The van der Waals surface area contributed by atoms with Crippen LogP contribution in [0.1, 0.15) is 120 Å². The number of likely N-dealkylation sites (N-methyl/N-ethyl adjacent to an activating group) is 1. The Bertz CT molecular complexity index is 656. The molecule has 202 valence electrons. The predicted molar refractivity (Wildman–Crippen MR) is 154 cm³/mol. The standard InChI is InChI=1S/C31H57N3O/c1-6-7-8-9-10-11-12-13-14-15-16-17-18-19-20-23-27-34(4,5)28-26-32-31(35)29-24-21-22-25-30(29)33(2)3/h21-22,24-25H,6-20,23,26-28H2,1-5H3/p+1. The number of unbranched alkanes of at least 4 members (excludes halogenated alkanes) is 15. The molecule has 0 aliphatic carbocycles. The summed E-state index contributed by atoms with van der Waals surface area (Å²) in [5.74, 6) is 0.0247. The molecular formula is C31H58N3O+. The summed E-state index contributed by atoms with van der Waals surface area (Å²) in [5.41, 5.74) is 1.72. The van der Waals surface area contributed by atoms with Gasteiger partial charge in [-0.15, -0.1) is 0 Å². The Balaban J connectivity index is 1.99. The second kappa shape index (κ2) is 19.6. The lowest BCUT2D eigenvalue weighted by Crippen LogP contribution is -2.46. The Morgan fingerprint density at radius 2 is 1.17 bits per heavy atom. The van der Waals surface area contributed by atoms with E-state index in [4.69, 9.17) is 0 Å². The van der Waals surface area contributed by atoms with Crippen LogP contribution in [-0.4, -0.2) is 58.2 Å². The molecule has 1 N–H and O–H groups in total. The minimum absolute atomic E-state index is 0.0247. The molecule has 0 aliphatic rings. The van der Waals surface area contributed by atoms with Gasteiger partial charge in [-0.25, -0.2) is 0 Å². The van der Waals surface area contributed by atoms with Gasteiger partial charge in [-0.3, -0.25) is 4.79 Å². The van der Waals surface area contributed by atoms with Gasteiger partial charge < -0.3 is 14.7 Å². The summed E-state index contributed by atoms with van der Waals surface area (Å²) in [6.45, 7) is 5.16. The number of nitrogens with one attached hydrogen (secondary N) is 1. The Labute approximate surface area is 218 Å². The van der Waals surface area contributed by atoms with Gasteiger partial charge in [0.2, 0.25) is 0 Å². The van der Waals surface area contributed by atoms with E-state index in [2.05, 4.69) is 26.3 Å². The molecule has 4 nitrogen and oxygen atoms in total. The third-order valence-electron chi connectivity index (χ3n) is 7.25. The van der Waals surface area contributed by atoms with Crippen LogP contribution in [0.5, 0.6) is 0 Å². The average molecular weight is 489 g/mol. The van der Waals surface area contributed by atoms with Gasteiger partial charge in [0.1, 0.15) is 0 Å². The van der Waals surface area contributed by atoms with E-state index >= 15 is 0 Å². The zero-order chi connectivity index (χ0) is 25.8. The van der Waals surface area contributed by atoms with E-state index < -0.39 is 0 Å². The molecule has 0 saturated heterocycles. The lowest BCUT2D eigenvalue weighted by Gasteiger charge is -2.30. The molecule has 1 rings (SSSR count). The highest BCUT2D eigenvalue weighted by Crippen LogP contribution is 2.18. The third kappa shape index (κ3) is 15.9. The van der Waals surface area contributed by atoms with Gasteiger partial charge in [-0.1, -0.05) is 109 Å². The maximum Gasteiger partial charge on any atom is 0.253 e. The number of quaternary nitrogens is 1. The summed E-state index contributed by atoms with van der Waals surface area (Å²) in [6.07, 6.45) is 22.6. The zero-order valence-corrected chi connectivity index (χ0v) is 24.0. The van der Waals surface area contributed by atoms with Gasteiger partial charge in [-0.05, 0) is 25.0 Å². The van der Waals surface area contributed by atoms with E-state index in [1.165, 1.54) is 109 Å². The van der Waals surface area contributed by atoms with Crippen molar-refractivity contribution in [3.05, 3.63) is 29.8 Å². The lowest BCUT2D eigenvalue weighted by atomic mass is 10.0. The topological polar surface area (TPSA) is 32.3 Å². The SMILES string of the molecule is CCCCCCCCCCCCCCCCCC[N+](C)(C)CCNC(=O)c1ccccc1N(C)C. The maximum atomic E-state index is 12.6. The molecule has 0 spiro atoms.